The summed E-state index contributed by atoms with van der Waals surface area (Å²) >= 11 is 6.16. The second kappa shape index (κ2) is 5.60. The van der Waals surface area contributed by atoms with E-state index in [1.807, 2.05) is 7.05 Å². The van der Waals surface area contributed by atoms with Crippen LogP contribution in [0.5, 0.6) is 0 Å². The number of aryl methyl sites for hydroxylation is 2. The van der Waals surface area contributed by atoms with Crippen molar-refractivity contribution in [3.63, 3.8) is 0 Å². The van der Waals surface area contributed by atoms with Crippen LogP contribution < -0.4 is 5.32 Å². The lowest BCUT2D eigenvalue weighted by Gasteiger charge is -2.25. The monoisotopic (exact) mass is 267 g/mol. The van der Waals surface area contributed by atoms with E-state index in [-0.39, 0.29) is 12.1 Å². The maximum atomic E-state index is 6.16. The Morgan fingerprint density at radius 1 is 1.28 bits per heavy atom. The minimum Gasteiger partial charge on any atom is -0.373 e. The number of rotatable bonds is 3. The van der Waals surface area contributed by atoms with Crippen molar-refractivity contribution in [2.24, 2.45) is 0 Å². The molecule has 1 aromatic carbocycles. The molecule has 3 heteroatoms. The normalized spacial score (nSPS) is 25.4. The van der Waals surface area contributed by atoms with E-state index in [9.17, 15) is 0 Å². The van der Waals surface area contributed by atoms with Crippen LogP contribution in [0.3, 0.4) is 0 Å². The van der Waals surface area contributed by atoms with Crippen LogP contribution in [0.15, 0.2) is 12.1 Å². The highest BCUT2D eigenvalue weighted by atomic mass is 35.5. The van der Waals surface area contributed by atoms with Gasteiger partial charge in [-0.1, -0.05) is 17.7 Å². The topological polar surface area (TPSA) is 21.3 Å². The molecule has 0 amide bonds. The third-order valence-electron chi connectivity index (χ3n) is 3.83. The van der Waals surface area contributed by atoms with Gasteiger partial charge in [-0.15, -0.1) is 0 Å². The van der Waals surface area contributed by atoms with Gasteiger partial charge in [0.25, 0.3) is 0 Å². The molecule has 1 heterocycles. The Morgan fingerprint density at radius 2 is 2.00 bits per heavy atom. The maximum Gasteiger partial charge on any atom is 0.0774 e. The lowest BCUT2D eigenvalue weighted by atomic mass is 9.94. The molecule has 0 bridgehead atoms. The summed E-state index contributed by atoms with van der Waals surface area (Å²) in [5.41, 5.74) is 3.66. The molecule has 1 N–H and O–H groups in total. The van der Waals surface area contributed by atoms with Gasteiger partial charge in [-0.25, -0.2) is 0 Å². The molecule has 1 saturated heterocycles. The van der Waals surface area contributed by atoms with E-state index < -0.39 is 0 Å². The lowest BCUT2D eigenvalue weighted by Crippen LogP contribution is -2.30. The van der Waals surface area contributed by atoms with Crippen LogP contribution in [-0.2, 0) is 4.74 Å². The van der Waals surface area contributed by atoms with Gasteiger partial charge in [0.05, 0.1) is 18.2 Å². The van der Waals surface area contributed by atoms with Crippen LogP contribution in [-0.4, -0.2) is 19.3 Å². The summed E-state index contributed by atoms with van der Waals surface area (Å²) in [7, 11) is 2.00. The summed E-state index contributed by atoms with van der Waals surface area (Å²) < 4.78 is 6.00. The van der Waals surface area contributed by atoms with E-state index in [1.165, 1.54) is 11.1 Å². The first-order valence-corrected chi connectivity index (χ1v) is 7.00. The van der Waals surface area contributed by atoms with Gasteiger partial charge < -0.3 is 10.1 Å². The first kappa shape index (κ1) is 13.9. The number of hydrogen-bond acceptors (Lipinski definition) is 2. The molecule has 0 saturated carbocycles. The van der Waals surface area contributed by atoms with Crippen LogP contribution in [0.4, 0.5) is 0 Å². The SMILES string of the molecule is CNC(c1cc(C)c(Cl)cc1C)C1CCC(C)O1. The molecule has 1 fully saturated rings. The molecule has 0 radical (unpaired) electrons. The Bertz CT molecular complexity index is 433. The number of likely N-dealkylation sites (N-methyl/N-ethyl adjacent to an activating group) is 1. The average molecular weight is 268 g/mol. The van der Waals surface area contributed by atoms with E-state index in [2.05, 4.69) is 38.2 Å². The number of nitrogens with one attached hydrogen (secondary N) is 1. The average Bonchev–Trinajstić information content (AvgIpc) is 2.73. The molecule has 1 aliphatic heterocycles. The van der Waals surface area contributed by atoms with E-state index >= 15 is 0 Å². The molecular weight excluding hydrogens is 246 g/mol. The first-order chi connectivity index (χ1) is 8.52. The minimum absolute atomic E-state index is 0.255. The second-order valence-corrected chi connectivity index (χ2v) is 5.69. The predicted octanol–water partition coefficient (Wildman–Crippen LogP) is 3.78. The molecule has 0 aromatic heterocycles. The maximum absolute atomic E-state index is 6.16. The lowest BCUT2D eigenvalue weighted by molar-refractivity contribution is 0.0332. The van der Waals surface area contributed by atoms with Crippen molar-refractivity contribution in [3.05, 3.63) is 33.8 Å². The Kier molecular flexibility index (Phi) is 4.31. The van der Waals surface area contributed by atoms with Crippen LogP contribution in [0, 0.1) is 13.8 Å². The predicted molar refractivity (Wildman–Crippen MR) is 76.3 cm³/mol. The van der Waals surface area contributed by atoms with Crippen LogP contribution in [0.25, 0.3) is 0 Å². The molecule has 0 aliphatic carbocycles. The summed E-state index contributed by atoms with van der Waals surface area (Å²) in [5, 5.41) is 4.24. The number of ether oxygens (including phenoxy) is 1. The molecular formula is C15H22ClNO. The summed E-state index contributed by atoms with van der Waals surface area (Å²) in [5.74, 6) is 0. The van der Waals surface area contributed by atoms with Gasteiger partial charge >= 0.3 is 0 Å². The fraction of sp³-hybridized carbons (Fsp3) is 0.600. The van der Waals surface area contributed by atoms with Crippen molar-refractivity contribution in [1.29, 1.82) is 0 Å². The van der Waals surface area contributed by atoms with Crippen molar-refractivity contribution in [2.75, 3.05) is 7.05 Å². The van der Waals surface area contributed by atoms with Crippen LogP contribution in [0.1, 0.15) is 42.5 Å². The summed E-state index contributed by atoms with van der Waals surface area (Å²) in [4.78, 5) is 0. The van der Waals surface area contributed by atoms with Gasteiger partial charge in [0.15, 0.2) is 0 Å². The van der Waals surface area contributed by atoms with Crippen LogP contribution >= 0.6 is 11.6 Å². The standard InChI is InChI=1S/C15H22ClNO/c1-9-8-13(16)10(2)7-12(9)15(17-4)14-6-5-11(3)18-14/h7-8,11,14-15,17H,5-6H2,1-4H3. The zero-order chi connectivity index (χ0) is 13.3. The van der Waals surface area contributed by atoms with Gasteiger partial charge in [-0.2, -0.15) is 0 Å². The van der Waals surface area contributed by atoms with Crippen molar-refractivity contribution in [3.8, 4) is 0 Å². The van der Waals surface area contributed by atoms with Crippen molar-refractivity contribution >= 4 is 11.6 Å². The molecule has 3 atom stereocenters. The number of benzene rings is 1. The molecule has 1 aromatic rings. The zero-order valence-electron chi connectivity index (χ0n) is 11.6. The quantitative estimate of drug-likeness (QED) is 0.900. The van der Waals surface area contributed by atoms with Gasteiger partial charge in [-0.3, -0.25) is 0 Å². The van der Waals surface area contributed by atoms with E-state index in [0.29, 0.717) is 6.10 Å². The molecule has 2 nitrogen and oxygen atoms in total. The van der Waals surface area contributed by atoms with E-state index in [1.54, 1.807) is 0 Å². The van der Waals surface area contributed by atoms with E-state index in [0.717, 1.165) is 23.4 Å². The summed E-state index contributed by atoms with van der Waals surface area (Å²) in [6.07, 6.45) is 2.91. The van der Waals surface area contributed by atoms with Crippen LogP contribution in [0.2, 0.25) is 5.02 Å². The van der Waals surface area contributed by atoms with Gasteiger partial charge in [-0.05, 0) is 63.4 Å². The number of halogens is 1. The molecule has 0 spiro atoms. The highest BCUT2D eigenvalue weighted by Gasteiger charge is 2.30. The summed E-state index contributed by atoms with van der Waals surface area (Å²) in [6, 6.07) is 4.49. The number of hydrogen-bond donors (Lipinski definition) is 1. The highest BCUT2D eigenvalue weighted by molar-refractivity contribution is 6.31. The molecule has 2 rings (SSSR count). The zero-order valence-corrected chi connectivity index (χ0v) is 12.3. The molecule has 1 aliphatic rings. The fourth-order valence-corrected chi connectivity index (χ4v) is 2.98. The highest BCUT2D eigenvalue weighted by Crippen LogP contribution is 2.33. The minimum atomic E-state index is 0.255. The smallest absolute Gasteiger partial charge is 0.0774 e. The first-order valence-electron chi connectivity index (χ1n) is 6.62. The largest absolute Gasteiger partial charge is 0.373 e. The summed E-state index contributed by atoms with van der Waals surface area (Å²) in [6.45, 7) is 6.31. The fourth-order valence-electron chi connectivity index (χ4n) is 2.76. The van der Waals surface area contributed by atoms with E-state index in [4.69, 9.17) is 16.3 Å². The Hall–Kier alpha value is -0.570. The third-order valence-corrected chi connectivity index (χ3v) is 4.24. The molecule has 100 valence electrons. The Balaban J connectivity index is 2.30. The van der Waals surface area contributed by atoms with Gasteiger partial charge in [0.1, 0.15) is 0 Å². The second-order valence-electron chi connectivity index (χ2n) is 5.29. The molecule has 18 heavy (non-hydrogen) atoms. The van der Waals surface area contributed by atoms with Crippen molar-refractivity contribution in [2.45, 2.75) is 51.9 Å². The van der Waals surface area contributed by atoms with Crippen molar-refractivity contribution < 1.29 is 4.74 Å². The third kappa shape index (κ3) is 2.71. The van der Waals surface area contributed by atoms with Crippen molar-refractivity contribution in [1.82, 2.24) is 5.32 Å². The Labute approximate surface area is 115 Å². The van der Waals surface area contributed by atoms with Gasteiger partial charge in [0.2, 0.25) is 0 Å². The Morgan fingerprint density at radius 3 is 2.56 bits per heavy atom. The van der Waals surface area contributed by atoms with Gasteiger partial charge in [0, 0.05) is 5.02 Å². The molecule has 3 unspecified atom stereocenters.